The average Bonchev–Trinajstić information content (AvgIpc) is 2.79. The van der Waals surface area contributed by atoms with Gasteiger partial charge in [0.1, 0.15) is 12.4 Å². The van der Waals surface area contributed by atoms with Crippen LogP contribution in [0.15, 0.2) is 41.7 Å². The summed E-state index contributed by atoms with van der Waals surface area (Å²) in [6.07, 6.45) is -3.94. The lowest BCUT2D eigenvalue weighted by Gasteiger charge is -2.31. The zero-order valence-corrected chi connectivity index (χ0v) is 18.5. The molecule has 0 aliphatic carbocycles. The molecule has 1 aliphatic heterocycles. The Morgan fingerprint density at radius 3 is 2.24 bits per heavy atom. The molecule has 0 fully saturated rings. The lowest BCUT2D eigenvalue weighted by atomic mass is 10.1. The first-order chi connectivity index (χ1) is 15.6. The maximum Gasteiger partial charge on any atom is 0.417 e. The van der Waals surface area contributed by atoms with Crippen LogP contribution >= 0.6 is 23.2 Å². The van der Waals surface area contributed by atoms with E-state index in [0.29, 0.717) is 6.20 Å². The molecule has 0 saturated carbocycles. The largest absolute Gasteiger partial charge is 0.466 e. The van der Waals surface area contributed by atoms with Crippen LogP contribution in [0.2, 0.25) is 10.0 Å². The molecule has 0 unspecified atom stereocenters. The zero-order valence-electron chi connectivity index (χ0n) is 17.0. The Labute approximate surface area is 195 Å². The molecule has 13 heteroatoms. The van der Waals surface area contributed by atoms with Gasteiger partial charge in [0.2, 0.25) is 5.88 Å². The first-order valence-electron chi connectivity index (χ1n) is 9.02. The molecule has 0 saturated heterocycles. The van der Waals surface area contributed by atoms with Crippen LogP contribution < -0.4 is 9.64 Å². The summed E-state index contributed by atoms with van der Waals surface area (Å²) in [5.41, 5.74) is -0.895. The molecule has 0 atom stereocenters. The van der Waals surface area contributed by atoms with Crippen LogP contribution in [-0.4, -0.2) is 44.5 Å². The van der Waals surface area contributed by atoms with E-state index in [2.05, 4.69) is 4.98 Å². The highest BCUT2D eigenvalue weighted by Crippen LogP contribution is 2.41. The molecule has 1 aliphatic rings. The maximum absolute atomic E-state index is 12.7. The van der Waals surface area contributed by atoms with Gasteiger partial charge in [-0.25, -0.2) is 14.6 Å². The highest BCUT2D eigenvalue weighted by molar-refractivity contribution is 6.37. The number of benzene rings is 1. The first-order valence-corrected chi connectivity index (χ1v) is 9.77. The van der Waals surface area contributed by atoms with E-state index in [9.17, 15) is 22.8 Å². The second kappa shape index (κ2) is 9.86. The van der Waals surface area contributed by atoms with Crippen molar-refractivity contribution < 1.29 is 41.7 Å². The molecule has 33 heavy (non-hydrogen) atoms. The summed E-state index contributed by atoms with van der Waals surface area (Å²) in [6.45, 7) is -0.325. The van der Waals surface area contributed by atoms with Gasteiger partial charge in [-0.15, -0.1) is 0 Å². The van der Waals surface area contributed by atoms with Gasteiger partial charge in [0.05, 0.1) is 42.0 Å². The summed E-state index contributed by atoms with van der Waals surface area (Å²) in [6, 6.07) is 4.53. The third-order valence-corrected chi connectivity index (χ3v) is 4.96. The molecule has 2 heterocycles. The van der Waals surface area contributed by atoms with Crippen LogP contribution in [-0.2, 0) is 30.0 Å². The van der Waals surface area contributed by atoms with E-state index in [1.807, 2.05) is 0 Å². The summed E-state index contributed by atoms with van der Waals surface area (Å²) in [4.78, 5) is 29.4. The van der Waals surface area contributed by atoms with Crippen molar-refractivity contribution in [2.75, 3.05) is 32.5 Å². The summed E-state index contributed by atoms with van der Waals surface area (Å²) in [7, 11) is 2.30. The van der Waals surface area contributed by atoms with Crippen LogP contribution in [0.1, 0.15) is 5.56 Å². The SMILES string of the molecule is COC(=O)C1=C(C(=O)OC)N(c2cc(Cl)c(Oc3ccc(C(F)(F)F)cn3)c(Cl)c2)COC1. The first kappa shape index (κ1) is 24.6. The monoisotopic (exact) mass is 506 g/mol. The third-order valence-electron chi connectivity index (χ3n) is 4.40. The molecule has 176 valence electrons. The number of aromatic nitrogens is 1. The topological polar surface area (TPSA) is 87.2 Å². The van der Waals surface area contributed by atoms with Gasteiger partial charge in [-0.2, -0.15) is 13.2 Å². The van der Waals surface area contributed by atoms with Crippen molar-refractivity contribution in [3.05, 3.63) is 57.3 Å². The number of pyridine rings is 1. The highest BCUT2D eigenvalue weighted by atomic mass is 35.5. The lowest BCUT2D eigenvalue weighted by Crippen LogP contribution is -2.38. The van der Waals surface area contributed by atoms with Gasteiger partial charge in [0.15, 0.2) is 5.75 Å². The molecular formula is C20H15Cl2F3N2O6. The molecule has 0 radical (unpaired) electrons. The van der Waals surface area contributed by atoms with Crippen molar-refractivity contribution in [3.63, 3.8) is 0 Å². The molecule has 1 aromatic carbocycles. The van der Waals surface area contributed by atoms with Crippen LogP contribution in [0, 0.1) is 0 Å². The van der Waals surface area contributed by atoms with Crippen molar-refractivity contribution in [2.45, 2.75) is 6.18 Å². The minimum Gasteiger partial charge on any atom is -0.466 e. The van der Waals surface area contributed by atoms with Crippen LogP contribution in [0.5, 0.6) is 11.6 Å². The molecule has 1 aromatic heterocycles. The van der Waals surface area contributed by atoms with Crippen molar-refractivity contribution in [2.24, 2.45) is 0 Å². The smallest absolute Gasteiger partial charge is 0.417 e. The second-order valence-corrected chi connectivity index (χ2v) is 7.25. The summed E-state index contributed by atoms with van der Waals surface area (Å²) >= 11 is 12.6. The predicted octanol–water partition coefficient (Wildman–Crippen LogP) is 4.59. The van der Waals surface area contributed by atoms with Gasteiger partial charge < -0.3 is 23.8 Å². The number of methoxy groups -OCH3 is 2. The van der Waals surface area contributed by atoms with Crippen molar-refractivity contribution in [1.82, 2.24) is 4.98 Å². The Bertz CT molecular complexity index is 1080. The molecule has 0 bridgehead atoms. The quantitative estimate of drug-likeness (QED) is 0.544. The van der Waals surface area contributed by atoms with Gasteiger partial charge in [-0.05, 0) is 18.2 Å². The standard InChI is InChI=1S/C20H15Cl2F3N2O6/c1-30-18(28)12-8-32-9-27(16(12)19(29)31-2)11-5-13(21)17(14(22)6-11)33-15-4-3-10(7-26-15)20(23,24)25/h3-7H,8-9H2,1-2H3. The van der Waals surface area contributed by atoms with Crippen molar-refractivity contribution >= 4 is 40.8 Å². The minimum absolute atomic E-state index is 0.0476. The molecule has 2 aromatic rings. The Balaban J connectivity index is 1.96. The average molecular weight is 507 g/mol. The van der Waals surface area contributed by atoms with Crippen LogP contribution in [0.4, 0.5) is 18.9 Å². The fourth-order valence-electron chi connectivity index (χ4n) is 2.86. The fraction of sp³-hybridized carbons (Fsp3) is 0.250. The Morgan fingerprint density at radius 1 is 1.09 bits per heavy atom. The summed E-state index contributed by atoms with van der Waals surface area (Å²) < 4.78 is 58.4. The van der Waals surface area contributed by atoms with E-state index in [1.54, 1.807) is 0 Å². The maximum atomic E-state index is 12.7. The second-order valence-electron chi connectivity index (χ2n) is 6.44. The van der Waals surface area contributed by atoms with Crippen molar-refractivity contribution in [1.29, 1.82) is 0 Å². The number of alkyl halides is 3. The predicted molar refractivity (Wildman–Crippen MR) is 110 cm³/mol. The molecule has 8 nitrogen and oxygen atoms in total. The minimum atomic E-state index is -4.55. The highest BCUT2D eigenvalue weighted by Gasteiger charge is 2.33. The normalized spacial score (nSPS) is 14.2. The van der Waals surface area contributed by atoms with E-state index in [-0.39, 0.29) is 52.0 Å². The van der Waals surface area contributed by atoms with Gasteiger partial charge >= 0.3 is 18.1 Å². The zero-order chi connectivity index (χ0) is 24.3. The number of rotatable bonds is 5. The molecular weight excluding hydrogens is 492 g/mol. The Kier molecular flexibility index (Phi) is 7.35. The number of hydrogen-bond donors (Lipinski definition) is 0. The van der Waals surface area contributed by atoms with Gasteiger partial charge in [0.25, 0.3) is 0 Å². The van der Waals surface area contributed by atoms with Gasteiger partial charge in [-0.3, -0.25) is 0 Å². The molecule has 0 spiro atoms. The third kappa shape index (κ3) is 5.32. The number of ether oxygens (including phenoxy) is 4. The lowest BCUT2D eigenvalue weighted by molar-refractivity contribution is -0.140. The fourth-order valence-corrected chi connectivity index (χ4v) is 3.41. The van der Waals surface area contributed by atoms with E-state index in [4.69, 9.17) is 42.1 Å². The molecule has 0 N–H and O–H groups in total. The number of esters is 2. The summed E-state index contributed by atoms with van der Waals surface area (Å²) in [5, 5.41) is -0.0952. The number of halogens is 5. The Morgan fingerprint density at radius 2 is 1.73 bits per heavy atom. The number of hydrogen-bond acceptors (Lipinski definition) is 8. The molecule has 0 amide bonds. The van der Waals surface area contributed by atoms with Crippen LogP contribution in [0.25, 0.3) is 0 Å². The number of anilines is 1. The number of nitrogens with zero attached hydrogens (tertiary/aromatic N) is 2. The van der Waals surface area contributed by atoms with E-state index >= 15 is 0 Å². The van der Waals surface area contributed by atoms with E-state index in [0.717, 1.165) is 26.4 Å². The number of carbonyl (C=O) groups excluding carboxylic acids is 2. The van der Waals surface area contributed by atoms with Gasteiger partial charge in [0, 0.05) is 18.0 Å². The van der Waals surface area contributed by atoms with Gasteiger partial charge in [-0.1, -0.05) is 23.2 Å². The van der Waals surface area contributed by atoms with E-state index in [1.165, 1.54) is 17.0 Å². The molecule has 3 rings (SSSR count). The van der Waals surface area contributed by atoms with E-state index < -0.39 is 23.7 Å². The van der Waals surface area contributed by atoms with Crippen molar-refractivity contribution in [3.8, 4) is 11.6 Å². The number of carbonyl (C=O) groups is 2. The van der Waals surface area contributed by atoms with Crippen LogP contribution in [0.3, 0.4) is 0 Å². The Hall–Kier alpha value is -3.02. The summed E-state index contributed by atoms with van der Waals surface area (Å²) in [5.74, 6) is -1.86.